The average molecular weight is 631 g/mol. The second-order valence-electron chi connectivity index (χ2n) is 14.6. The van der Waals surface area contributed by atoms with E-state index in [1.54, 1.807) is 30.3 Å². The van der Waals surface area contributed by atoms with Crippen molar-refractivity contribution in [2.75, 3.05) is 0 Å². The Kier molecular flexibility index (Phi) is 13.3. The fraction of sp³-hybridized carbons (Fsp3) is 0.581. The van der Waals surface area contributed by atoms with Crippen molar-refractivity contribution in [3.05, 3.63) is 83.2 Å². The van der Waals surface area contributed by atoms with Crippen LogP contribution >= 0.6 is 0 Å². The monoisotopic (exact) mass is 630 g/mol. The van der Waals surface area contributed by atoms with E-state index in [0.29, 0.717) is 29.0 Å². The van der Waals surface area contributed by atoms with Crippen LogP contribution in [0.4, 0.5) is 13.2 Å². The number of halogens is 3. The minimum absolute atomic E-state index is 0.204. The van der Waals surface area contributed by atoms with Crippen molar-refractivity contribution in [3.8, 4) is 22.3 Å². The van der Waals surface area contributed by atoms with E-state index in [2.05, 4.69) is 19.9 Å². The SMILES string of the molecule is CCCCCCCCc1ccc(-c2ccc(-c3ccc(C4CCC(C5CCC(CCCCC)CC5)CC4)cc3F)cc2)c(F)c1F. The van der Waals surface area contributed by atoms with E-state index in [0.717, 1.165) is 61.0 Å². The zero-order valence-corrected chi connectivity index (χ0v) is 28.6. The third-order valence-corrected chi connectivity index (χ3v) is 11.5. The lowest BCUT2D eigenvalue weighted by Crippen LogP contribution is -2.25. The van der Waals surface area contributed by atoms with Gasteiger partial charge in [0.15, 0.2) is 11.6 Å². The van der Waals surface area contributed by atoms with Gasteiger partial charge in [-0.2, -0.15) is 0 Å². The first kappa shape index (κ1) is 34.8. The summed E-state index contributed by atoms with van der Waals surface area (Å²) in [7, 11) is 0. The molecule has 250 valence electrons. The van der Waals surface area contributed by atoms with Crippen LogP contribution in [0, 0.1) is 35.2 Å². The van der Waals surface area contributed by atoms with E-state index in [9.17, 15) is 4.39 Å². The molecule has 2 saturated carbocycles. The van der Waals surface area contributed by atoms with Gasteiger partial charge in [0.25, 0.3) is 0 Å². The van der Waals surface area contributed by atoms with Crippen LogP contribution in [0.2, 0.25) is 0 Å². The minimum atomic E-state index is -0.795. The Labute approximate surface area is 277 Å². The molecule has 0 saturated heterocycles. The van der Waals surface area contributed by atoms with E-state index < -0.39 is 11.6 Å². The molecule has 0 amide bonds. The quantitative estimate of drug-likeness (QED) is 0.147. The Morgan fingerprint density at radius 3 is 1.76 bits per heavy atom. The molecule has 3 aromatic rings. The van der Waals surface area contributed by atoms with E-state index >= 15 is 8.78 Å². The summed E-state index contributed by atoms with van der Waals surface area (Å²) in [6, 6.07) is 16.3. The summed E-state index contributed by atoms with van der Waals surface area (Å²) in [4.78, 5) is 0. The molecule has 0 N–H and O–H groups in total. The van der Waals surface area contributed by atoms with Crippen LogP contribution in [-0.4, -0.2) is 0 Å². The third-order valence-electron chi connectivity index (χ3n) is 11.5. The van der Waals surface area contributed by atoms with Gasteiger partial charge in [0.2, 0.25) is 0 Å². The van der Waals surface area contributed by atoms with E-state index in [1.807, 2.05) is 18.2 Å². The van der Waals surface area contributed by atoms with E-state index in [-0.39, 0.29) is 11.4 Å². The molecule has 0 aliphatic heterocycles. The number of unbranched alkanes of at least 4 members (excludes halogenated alkanes) is 7. The van der Waals surface area contributed by atoms with Gasteiger partial charge in [-0.15, -0.1) is 0 Å². The van der Waals surface area contributed by atoms with Gasteiger partial charge in [-0.1, -0.05) is 133 Å². The van der Waals surface area contributed by atoms with Crippen molar-refractivity contribution in [3.63, 3.8) is 0 Å². The smallest absolute Gasteiger partial charge is 0.166 e. The summed E-state index contributed by atoms with van der Waals surface area (Å²) in [5.74, 6) is 1.42. The molecule has 0 spiro atoms. The van der Waals surface area contributed by atoms with Gasteiger partial charge in [-0.3, -0.25) is 0 Å². The Morgan fingerprint density at radius 1 is 0.543 bits per heavy atom. The summed E-state index contributed by atoms with van der Waals surface area (Å²) < 4.78 is 45.5. The van der Waals surface area contributed by atoms with Gasteiger partial charge in [0.1, 0.15) is 5.82 Å². The first-order valence-corrected chi connectivity index (χ1v) is 18.9. The topological polar surface area (TPSA) is 0 Å². The third kappa shape index (κ3) is 9.07. The highest BCUT2D eigenvalue weighted by atomic mass is 19.2. The molecule has 0 radical (unpaired) electrons. The number of aryl methyl sites for hydroxylation is 1. The molecule has 2 aliphatic rings. The van der Waals surface area contributed by atoms with Crippen molar-refractivity contribution in [2.24, 2.45) is 17.8 Å². The molecule has 0 heterocycles. The van der Waals surface area contributed by atoms with Crippen molar-refractivity contribution in [1.29, 1.82) is 0 Å². The Hall–Kier alpha value is -2.55. The maximum absolute atomic E-state index is 15.5. The van der Waals surface area contributed by atoms with Crippen LogP contribution in [0.5, 0.6) is 0 Å². The number of hydrogen-bond acceptors (Lipinski definition) is 0. The normalized spacial score (nSPS) is 21.8. The Bertz CT molecular complexity index is 1340. The van der Waals surface area contributed by atoms with Crippen molar-refractivity contribution >= 4 is 0 Å². The minimum Gasteiger partial charge on any atom is -0.206 e. The molecule has 0 aromatic heterocycles. The highest BCUT2D eigenvalue weighted by molar-refractivity contribution is 5.71. The van der Waals surface area contributed by atoms with Crippen LogP contribution in [-0.2, 0) is 6.42 Å². The molecule has 0 atom stereocenters. The average Bonchev–Trinajstić information content (AvgIpc) is 3.09. The molecular weight excluding hydrogens is 573 g/mol. The van der Waals surface area contributed by atoms with Crippen LogP contribution in [0.15, 0.2) is 54.6 Å². The lowest BCUT2D eigenvalue weighted by atomic mass is 9.68. The lowest BCUT2D eigenvalue weighted by Gasteiger charge is -2.38. The summed E-state index contributed by atoms with van der Waals surface area (Å²) in [6.45, 7) is 4.48. The summed E-state index contributed by atoms with van der Waals surface area (Å²) >= 11 is 0. The number of benzene rings is 3. The predicted octanol–water partition coefficient (Wildman–Crippen LogP) is 14.0. The molecule has 2 fully saturated rings. The Morgan fingerprint density at radius 2 is 1.11 bits per heavy atom. The summed E-state index contributed by atoms with van der Waals surface area (Å²) in [5, 5.41) is 0. The van der Waals surface area contributed by atoms with Gasteiger partial charge in [0.05, 0.1) is 0 Å². The maximum Gasteiger partial charge on any atom is 0.166 e. The molecule has 3 aromatic carbocycles. The standard InChI is InChI=1S/C43H57F3/c1-3-5-7-8-9-11-13-37-26-29-40(43(46)42(37)45)36-24-22-35(23-25-36)39-28-27-38(30-41(39)44)34-20-18-33(19-21-34)32-16-14-31(15-17-32)12-10-6-4-2/h22-34H,3-21H2,1-2H3. The molecule has 0 bridgehead atoms. The zero-order valence-electron chi connectivity index (χ0n) is 28.6. The molecule has 46 heavy (non-hydrogen) atoms. The van der Waals surface area contributed by atoms with Gasteiger partial charge in [0, 0.05) is 11.1 Å². The molecule has 0 unspecified atom stereocenters. The number of hydrogen-bond donors (Lipinski definition) is 0. The maximum atomic E-state index is 15.5. The number of rotatable bonds is 15. The highest BCUT2D eigenvalue weighted by Gasteiger charge is 2.31. The van der Waals surface area contributed by atoms with E-state index in [4.69, 9.17) is 0 Å². The fourth-order valence-electron chi connectivity index (χ4n) is 8.51. The lowest BCUT2D eigenvalue weighted by molar-refractivity contribution is 0.155. The van der Waals surface area contributed by atoms with Crippen molar-refractivity contribution in [1.82, 2.24) is 0 Å². The second kappa shape index (κ2) is 17.6. The Balaban J connectivity index is 1.13. The summed E-state index contributed by atoms with van der Waals surface area (Å²) in [5.41, 5.74) is 3.73. The van der Waals surface area contributed by atoms with Gasteiger partial charge in [-0.25, -0.2) is 13.2 Å². The second-order valence-corrected chi connectivity index (χ2v) is 14.6. The largest absolute Gasteiger partial charge is 0.206 e. The summed E-state index contributed by atoms with van der Waals surface area (Å²) in [6.07, 6.45) is 23.4. The van der Waals surface area contributed by atoms with Crippen LogP contribution < -0.4 is 0 Å². The molecule has 3 heteroatoms. The van der Waals surface area contributed by atoms with Gasteiger partial charge >= 0.3 is 0 Å². The van der Waals surface area contributed by atoms with Crippen LogP contribution in [0.25, 0.3) is 22.3 Å². The van der Waals surface area contributed by atoms with Crippen molar-refractivity contribution in [2.45, 2.75) is 142 Å². The first-order valence-electron chi connectivity index (χ1n) is 18.9. The van der Waals surface area contributed by atoms with Crippen LogP contribution in [0.1, 0.15) is 146 Å². The molecular formula is C43H57F3. The van der Waals surface area contributed by atoms with Crippen molar-refractivity contribution < 1.29 is 13.2 Å². The predicted molar refractivity (Wildman–Crippen MR) is 189 cm³/mol. The van der Waals surface area contributed by atoms with Crippen LogP contribution in [0.3, 0.4) is 0 Å². The molecule has 5 rings (SSSR count). The molecule has 2 aliphatic carbocycles. The highest BCUT2D eigenvalue weighted by Crippen LogP contribution is 2.45. The first-order chi connectivity index (χ1) is 22.5. The van der Waals surface area contributed by atoms with Gasteiger partial charge < -0.3 is 0 Å². The zero-order chi connectivity index (χ0) is 32.3. The fourth-order valence-corrected chi connectivity index (χ4v) is 8.51. The molecule has 0 nitrogen and oxygen atoms in total. The van der Waals surface area contributed by atoms with E-state index in [1.165, 1.54) is 83.5 Å². The van der Waals surface area contributed by atoms with Gasteiger partial charge in [-0.05, 0) is 103 Å².